The summed E-state index contributed by atoms with van der Waals surface area (Å²) in [6, 6.07) is -9.58. The van der Waals surface area contributed by atoms with E-state index in [4.69, 9.17) is 10.2 Å². The number of aliphatic carboxylic acids is 2. The molecule has 1 fully saturated rings. The number of primary amides is 1. The minimum atomic E-state index is -1.85. The smallest absolute Gasteiger partial charge is 0.336 e. The molecule has 3 aliphatic rings. The van der Waals surface area contributed by atoms with Gasteiger partial charge in [-0.2, -0.15) is 0 Å². The van der Waals surface area contributed by atoms with Crippen LogP contribution in [0.3, 0.4) is 0 Å². The number of imide groups is 1. The third-order valence-electron chi connectivity index (χ3n) is 19.9. The number of aromatic amines is 2. The van der Waals surface area contributed by atoms with Gasteiger partial charge < -0.3 is 125 Å². The summed E-state index contributed by atoms with van der Waals surface area (Å²) < 4.78 is 5.91. The first-order valence-corrected chi connectivity index (χ1v) is 41.0. The molecule has 129 heavy (non-hydrogen) atoms. The number of carboxylic acid groups (broad SMARTS) is 3. The molecule has 0 radical (unpaired) electrons. The zero-order valence-corrected chi connectivity index (χ0v) is 71.6. The number of rotatable bonds is 47. The number of nitrogens with one attached hydrogen (secondary N) is 16. The first-order valence-electron chi connectivity index (χ1n) is 40.0. The molecule has 48 nitrogen and oxygen atoms in total. The first kappa shape index (κ1) is 101. The number of benzene rings is 3. The predicted octanol–water partition coefficient (Wildman–Crippen LogP) is -6.09. The van der Waals surface area contributed by atoms with Crippen molar-refractivity contribution in [2.75, 3.05) is 18.8 Å². The number of carbonyl (C=O) groups is 20. The fourth-order valence-electron chi connectivity index (χ4n) is 12.8. The fourth-order valence-corrected chi connectivity index (χ4v) is 14.0. The largest absolute Gasteiger partial charge is 0.508 e. The molecule has 1 unspecified atom stereocenters. The van der Waals surface area contributed by atoms with Gasteiger partial charge in [0.1, 0.15) is 95.6 Å². The molecule has 4 aromatic rings. The summed E-state index contributed by atoms with van der Waals surface area (Å²) in [5.74, 6) is -22.2. The number of imidazole rings is 2. The lowest BCUT2D eigenvalue weighted by molar-refractivity contribution is -0.139. The lowest BCUT2D eigenvalue weighted by atomic mass is 9.89. The number of H-pyrrole nitrogens is 2. The molecule has 0 spiro atoms. The Kier molecular flexibility index (Phi) is 36.5. The van der Waals surface area contributed by atoms with Crippen molar-refractivity contribution in [3.63, 3.8) is 0 Å². The van der Waals surface area contributed by atoms with Gasteiger partial charge in [-0.25, -0.2) is 14.8 Å². The Labute approximate surface area is 736 Å². The normalized spacial score (nSPS) is 15.9. The van der Waals surface area contributed by atoms with Crippen LogP contribution in [0.5, 0.6) is 5.75 Å². The minimum Gasteiger partial charge on any atom is -0.508 e. The van der Waals surface area contributed by atoms with E-state index in [1.165, 1.54) is 67.5 Å². The molecule has 7 rings (SSSR count). The molecule has 17 amide bonds. The van der Waals surface area contributed by atoms with Gasteiger partial charge in [-0.05, 0) is 116 Å². The van der Waals surface area contributed by atoms with Gasteiger partial charge in [0.05, 0.1) is 47.1 Å². The van der Waals surface area contributed by atoms with Crippen molar-refractivity contribution in [3.8, 4) is 28.2 Å². The number of aliphatic hydroxyl groups excluding tert-OH is 2. The fraction of sp³-hybridized carbons (Fsp3) is 0.438. The number of aromatic hydroxyl groups is 1. The van der Waals surface area contributed by atoms with Gasteiger partial charge in [0.2, 0.25) is 94.5 Å². The minimum absolute atomic E-state index is 0.00159. The van der Waals surface area contributed by atoms with E-state index in [2.05, 4.69) is 94.4 Å². The van der Waals surface area contributed by atoms with E-state index in [0.717, 1.165) is 79.3 Å². The Morgan fingerprint density at radius 2 is 0.953 bits per heavy atom. The van der Waals surface area contributed by atoms with E-state index in [1.54, 1.807) is 0 Å². The molecule has 16 atom stereocenters. The summed E-state index contributed by atoms with van der Waals surface area (Å²) in [6.45, 7) is 9.38. The number of aromatic carboxylic acids is 1. The van der Waals surface area contributed by atoms with Crippen LogP contribution in [0, 0.1) is 0 Å². The zero-order valence-electron chi connectivity index (χ0n) is 70.8. The van der Waals surface area contributed by atoms with E-state index in [0.29, 0.717) is 17.1 Å². The average Bonchev–Trinajstić information content (AvgIpc) is 1.39. The number of nitrogens with zero attached hydrogens (tertiary/aromatic N) is 3. The number of phenols is 1. The Morgan fingerprint density at radius 3 is 1.41 bits per heavy atom. The zero-order chi connectivity index (χ0) is 95.7. The number of likely N-dealkylation sites (tertiary alicyclic amines) is 1. The quantitative estimate of drug-likeness (QED) is 0.0125. The maximum Gasteiger partial charge on any atom is 0.336 e. The van der Waals surface area contributed by atoms with E-state index in [9.17, 15) is 131 Å². The maximum atomic E-state index is 14.4. The Balaban J connectivity index is 1.02. The summed E-state index contributed by atoms with van der Waals surface area (Å²) in [4.78, 5) is 294. The molecule has 2 aromatic carbocycles. The van der Waals surface area contributed by atoms with Gasteiger partial charge in [-0.3, -0.25) is 101 Å². The van der Waals surface area contributed by atoms with Gasteiger partial charge in [0.15, 0.2) is 5.43 Å². The van der Waals surface area contributed by atoms with Crippen LogP contribution in [0.2, 0.25) is 0 Å². The third-order valence-corrected chi connectivity index (χ3v) is 21.2. The van der Waals surface area contributed by atoms with Crippen LogP contribution in [0.25, 0.3) is 33.4 Å². The second-order valence-corrected chi connectivity index (χ2v) is 31.4. The van der Waals surface area contributed by atoms with Gasteiger partial charge in [0, 0.05) is 104 Å². The molecule has 0 bridgehead atoms. The molecule has 49 heteroatoms. The van der Waals surface area contributed by atoms with Crippen molar-refractivity contribution < 1.29 is 131 Å². The number of carbonyl (C=O) groups excluding carboxylic acids is 17. The van der Waals surface area contributed by atoms with E-state index < -0.39 is 264 Å². The van der Waals surface area contributed by atoms with E-state index >= 15 is 0 Å². The lowest BCUT2D eigenvalue weighted by Crippen LogP contribution is -2.61. The highest BCUT2D eigenvalue weighted by Gasteiger charge is 2.42. The molecule has 2 aromatic heterocycles. The topological polar surface area (TPSA) is 748 Å². The molecular weight excluding hydrogens is 1720 g/mol. The second-order valence-electron chi connectivity index (χ2n) is 30.2. The van der Waals surface area contributed by atoms with Crippen LogP contribution < -0.4 is 85.6 Å². The molecule has 1 saturated heterocycles. The van der Waals surface area contributed by atoms with E-state index in [1.807, 2.05) is 0 Å². The number of carboxylic acids is 3. The number of hydrogen-bond acceptors (Lipinski definition) is 28. The van der Waals surface area contributed by atoms with Crippen molar-refractivity contribution in [2.24, 2.45) is 5.73 Å². The van der Waals surface area contributed by atoms with Gasteiger partial charge in [-0.1, -0.05) is 0 Å². The number of hydrogen-bond donors (Lipinski definition) is 23. The average molecular weight is 1820 g/mol. The standard InChI is InChI=1S/C80H100N20O28S/c1-33(66(112)89-37(5)70(116)94-52(17-19-61(109)110)74(120)96-53(23-43-28-82-31-85-43)75(121)98-63(39(7)101)65(81)111)87-68(114)35(3)91-77(123)55(30-129-58-27-59(106)100(79(58)125)21-20-84-72(118)42-10-13-47(80(126)127)50(22-42)62-48-14-11-45(104)25-56(48)128-57-26-46(105)12-15-49(57)62)97-71(117)38(6)90-67(113)34(2)88-69(115)36(4)92-78(124)64(40(8)102)99-76(122)54(24-44-29-83-32-86-44)95-73(119)51(93-41(9)103)16-18-60(107)108/h10-15,22,25-26,28-29,31-40,51-55,58,63-64,101-102,104H,16-21,23-24,27,30H2,1-9H3,(H2,81,111)(H,82,85)(H,83,86)(H,84,118)(H,87,114)(H,88,115)(H,89,112)(H,90,113)(H,91,123)(H,92,124)(H,93,103)(H,94,116)(H,95,119)(H,96,120)(H,97,117)(H,98,121)(H,99,122)(H,107,108)(H,109,110)(H,126,127)/t33-,34-,35-,36-,37-,38-,39-,40-,51+,52+,53+,54+,55-,58?,63+,64+/m1/s1. The molecule has 694 valence electrons. The summed E-state index contributed by atoms with van der Waals surface area (Å²) >= 11 is 0.672. The molecule has 1 aliphatic carbocycles. The van der Waals surface area contributed by atoms with Crippen LogP contribution in [-0.2, 0) is 99.1 Å². The molecule has 2 aliphatic heterocycles. The van der Waals surface area contributed by atoms with Gasteiger partial charge in [-0.15, -0.1) is 11.8 Å². The monoisotopic (exact) mass is 1820 g/mol. The number of aliphatic hydroxyl groups is 2. The number of nitrogens with two attached hydrogens (primary N) is 1. The lowest BCUT2D eigenvalue weighted by Gasteiger charge is -2.27. The Hall–Kier alpha value is -14.8. The number of fused-ring (bicyclic) bond motifs is 2. The Morgan fingerprint density at radius 1 is 0.512 bits per heavy atom. The van der Waals surface area contributed by atoms with Crippen molar-refractivity contribution in [2.45, 2.75) is 203 Å². The van der Waals surface area contributed by atoms with Crippen molar-refractivity contribution >= 4 is 141 Å². The molecular formula is C80H100N20O28S. The van der Waals surface area contributed by atoms with Crippen LogP contribution in [0.15, 0.2) is 88.9 Å². The Bertz CT molecular complexity index is 5260. The third kappa shape index (κ3) is 29.1. The predicted molar refractivity (Wildman–Crippen MR) is 449 cm³/mol. The van der Waals surface area contributed by atoms with Crippen molar-refractivity contribution in [3.05, 3.63) is 112 Å². The van der Waals surface area contributed by atoms with Crippen molar-refractivity contribution in [1.29, 1.82) is 0 Å². The summed E-state index contributed by atoms with van der Waals surface area (Å²) in [5.41, 5.74) is 5.50. The first-order chi connectivity index (χ1) is 60.7. The van der Waals surface area contributed by atoms with Crippen LogP contribution in [0.1, 0.15) is 127 Å². The van der Waals surface area contributed by atoms with Crippen LogP contribution >= 0.6 is 11.8 Å². The molecule has 24 N–H and O–H groups in total. The SMILES string of the molecule is CC(=O)N[C@@H](CCC(=O)O)C(=O)N[C@@H](Cc1c[nH]cn1)C(=O)N[C@H](C(=O)N[C@H](C)C(=O)N[C@H](C)C(=O)N[C@H](C)C(=O)N[C@H](CSC1CC(=O)N(CCNC(=O)c2ccc(C(=O)O)c(-c3c4ccc(=O)cc-4oc4cc(O)ccc34)c2)C1=O)C(=O)N[C@H](C)C(=O)N[C@H](C)C(=O)N[C@H](C)C(=O)N[C@@H](CCC(=O)O)C(=O)N[C@@H](Cc1c[nH]cn1)C(=O)N[C@H](C(N)=O)[C@@H](C)O)[C@@H](C)O. The van der Waals surface area contributed by atoms with Gasteiger partial charge >= 0.3 is 17.9 Å². The van der Waals surface area contributed by atoms with Gasteiger partial charge in [0.25, 0.3) is 5.91 Å². The van der Waals surface area contributed by atoms with Crippen LogP contribution in [-0.4, -0.2) is 289 Å². The van der Waals surface area contributed by atoms with E-state index in [-0.39, 0.29) is 75.7 Å². The highest BCUT2D eigenvalue weighted by atomic mass is 32.2. The summed E-state index contributed by atoms with van der Waals surface area (Å²) in [6.07, 6.45) is -1.42. The maximum absolute atomic E-state index is 14.4. The van der Waals surface area contributed by atoms with Crippen molar-refractivity contribution in [1.82, 2.24) is 99.3 Å². The number of thioether (sulfide) groups is 1. The number of amides is 17. The molecule has 0 saturated carbocycles. The summed E-state index contributed by atoms with van der Waals surface area (Å²) in [5, 5.41) is 92.2. The second kappa shape index (κ2) is 46.4. The highest BCUT2D eigenvalue weighted by Crippen LogP contribution is 2.42. The summed E-state index contributed by atoms with van der Waals surface area (Å²) in [7, 11) is 0. The van der Waals surface area contributed by atoms with Crippen LogP contribution in [0.4, 0.5) is 0 Å². The number of aromatic nitrogens is 4. The highest BCUT2D eigenvalue weighted by molar-refractivity contribution is 8.00. The number of phenolic OH excluding ortho intramolecular Hbond substituents is 1. The molecule has 4 heterocycles.